The average molecular weight is 440 g/mol. The number of hydrogen-bond acceptors (Lipinski definition) is 3. The molecule has 0 radical (unpaired) electrons. The Morgan fingerprint density at radius 1 is 1.07 bits per heavy atom. The topological polar surface area (TPSA) is 61.4 Å². The van der Waals surface area contributed by atoms with Gasteiger partial charge in [0.25, 0.3) is 5.91 Å². The molecule has 160 valence electrons. The van der Waals surface area contributed by atoms with Crippen molar-refractivity contribution in [3.05, 3.63) is 33.8 Å². The molecule has 0 aromatic heterocycles. The lowest BCUT2D eigenvalue weighted by Crippen LogP contribution is -2.59. The van der Waals surface area contributed by atoms with Crippen LogP contribution >= 0.6 is 23.2 Å². The van der Waals surface area contributed by atoms with Crippen LogP contribution < -0.4 is 10.6 Å². The van der Waals surface area contributed by atoms with Crippen molar-refractivity contribution >= 4 is 35.0 Å². The minimum absolute atomic E-state index is 0.0638. The summed E-state index contributed by atoms with van der Waals surface area (Å²) in [4.78, 5) is 27.8. The summed E-state index contributed by atoms with van der Waals surface area (Å²) in [5.74, 6) is -0.568. The van der Waals surface area contributed by atoms with Crippen molar-refractivity contribution in [3.63, 3.8) is 0 Å². The first-order valence-electron chi connectivity index (χ1n) is 10.7. The summed E-state index contributed by atoms with van der Waals surface area (Å²) in [6, 6.07) is 4.24. The largest absolute Gasteiger partial charge is 0.352 e. The molecular weight excluding hydrogens is 409 g/mol. The smallest absolute Gasteiger partial charge is 0.253 e. The number of rotatable bonds is 6. The molecule has 3 rings (SSSR count). The number of carbonyl (C=O) groups is 2. The molecule has 0 bridgehead atoms. The van der Waals surface area contributed by atoms with Crippen LogP contribution in [0.2, 0.25) is 10.0 Å². The van der Waals surface area contributed by atoms with Crippen LogP contribution in [0.25, 0.3) is 0 Å². The van der Waals surface area contributed by atoms with E-state index in [2.05, 4.69) is 15.5 Å². The predicted molar refractivity (Wildman–Crippen MR) is 118 cm³/mol. The summed E-state index contributed by atoms with van der Waals surface area (Å²) < 4.78 is 0. The molecule has 2 fully saturated rings. The minimum Gasteiger partial charge on any atom is -0.352 e. The van der Waals surface area contributed by atoms with E-state index >= 15 is 0 Å². The maximum Gasteiger partial charge on any atom is 0.253 e. The van der Waals surface area contributed by atoms with Gasteiger partial charge in [-0.1, -0.05) is 55.0 Å². The molecule has 2 aliphatic rings. The molecule has 2 amide bonds. The second kappa shape index (κ2) is 10.1. The van der Waals surface area contributed by atoms with E-state index in [4.69, 9.17) is 23.2 Å². The molecule has 7 heteroatoms. The quantitative estimate of drug-likeness (QED) is 0.689. The van der Waals surface area contributed by atoms with Crippen LogP contribution in [0.15, 0.2) is 18.2 Å². The van der Waals surface area contributed by atoms with Crippen molar-refractivity contribution in [2.45, 2.75) is 69.9 Å². The number of halogens is 2. The van der Waals surface area contributed by atoms with E-state index in [1.807, 2.05) is 0 Å². The van der Waals surface area contributed by atoms with Crippen molar-refractivity contribution in [1.82, 2.24) is 15.5 Å². The van der Waals surface area contributed by atoms with Crippen LogP contribution in [-0.4, -0.2) is 47.9 Å². The molecular formula is C22H31Cl2N3O2. The third-order valence-electron chi connectivity index (χ3n) is 6.34. The lowest BCUT2D eigenvalue weighted by atomic mass is 9.79. The summed E-state index contributed by atoms with van der Waals surface area (Å²) in [5, 5.41) is 6.37. The Labute approximate surface area is 183 Å². The van der Waals surface area contributed by atoms with Gasteiger partial charge in [-0.05, 0) is 57.8 Å². The molecule has 1 saturated heterocycles. The van der Waals surface area contributed by atoms with Gasteiger partial charge in [0, 0.05) is 12.1 Å². The summed E-state index contributed by atoms with van der Waals surface area (Å²) >= 11 is 12.1. The highest BCUT2D eigenvalue weighted by molar-refractivity contribution is 6.43. The van der Waals surface area contributed by atoms with Gasteiger partial charge in [-0.15, -0.1) is 0 Å². The second-order valence-electron chi connectivity index (χ2n) is 8.35. The molecule has 1 aromatic rings. The first-order chi connectivity index (χ1) is 13.9. The third-order valence-corrected chi connectivity index (χ3v) is 7.16. The Morgan fingerprint density at radius 2 is 1.72 bits per heavy atom. The Bertz CT molecular complexity index is 729. The van der Waals surface area contributed by atoms with Crippen molar-refractivity contribution in [1.29, 1.82) is 0 Å². The molecule has 1 heterocycles. The van der Waals surface area contributed by atoms with Gasteiger partial charge in [-0.3, -0.25) is 14.5 Å². The number of benzene rings is 1. The van der Waals surface area contributed by atoms with Crippen LogP contribution in [-0.2, 0) is 4.79 Å². The minimum atomic E-state index is -0.653. The number of carbonyl (C=O) groups excluding carboxylic acids is 2. The molecule has 2 N–H and O–H groups in total. The summed E-state index contributed by atoms with van der Waals surface area (Å²) in [5.41, 5.74) is 0.338. The number of likely N-dealkylation sites (tertiary alicyclic amines) is 1. The predicted octanol–water partition coefficient (Wildman–Crippen LogP) is 4.42. The SMILES string of the molecule is CC(NC(=O)c1cccc(Cl)c1Cl)C(=O)NCC1(N2CCCCC2)CCCCC1. The lowest BCUT2D eigenvalue weighted by Gasteiger charge is -2.48. The maximum absolute atomic E-state index is 12.7. The maximum atomic E-state index is 12.7. The van der Waals surface area contributed by atoms with Gasteiger partial charge in [-0.2, -0.15) is 0 Å². The van der Waals surface area contributed by atoms with Crippen molar-refractivity contribution in [2.75, 3.05) is 19.6 Å². The fourth-order valence-corrected chi connectivity index (χ4v) is 4.99. The van der Waals surface area contributed by atoms with E-state index in [1.54, 1.807) is 25.1 Å². The Balaban J connectivity index is 1.59. The zero-order valence-corrected chi connectivity index (χ0v) is 18.6. The van der Waals surface area contributed by atoms with Gasteiger partial charge in [0.05, 0.1) is 15.6 Å². The Hall–Kier alpha value is -1.30. The highest BCUT2D eigenvalue weighted by Crippen LogP contribution is 2.35. The molecule has 1 aromatic carbocycles. The monoisotopic (exact) mass is 439 g/mol. The highest BCUT2D eigenvalue weighted by atomic mass is 35.5. The summed E-state index contributed by atoms with van der Waals surface area (Å²) in [6.07, 6.45) is 9.74. The standard InChI is InChI=1S/C22H31Cl2N3O2/c1-16(26-21(29)17-9-8-10-18(23)19(17)24)20(28)25-15-22(11-4-2-5-12-22)27-13-6-3-7-14-27/h8-10,16H,2-7,11-15H2,1H3,(H,25,28)(H,26,29). The van der Waals surface area contributed by atoms with Crippen molar-refractivity contribution in [2.24, 2.45) is 0 Å². The first-order valence-corrected chi connectivity index (χ1v) is 11.5. The van der Waals surface area contributed by atoms with Crippen LogP contribution in [0.1, 0.15) is 68.6 Å². The number of nitrogens with zero attached hydrogens (tertiary/aromatic N) is 1. The molecule has 1 aliphatic heterocycles. The zero-order chi connectivity index (χ0) is 20.9. The molecule has 1 saturated carbocycles. The van der Waals surface area contributed by atoms with E-state index < -0.39 is 11.9 Å². The highest BCUT2D eigenvalue weighted by Gasteiger charge is 2.38. The molecule has 1 unspecified atom stereocenters. The third kappa shape index (κ3) is 5.44. The van der Waals surface area contributed by atoms with E-state index in [0.717, 1.165) is 25.9 Å². The van der Waals surface area contributed by atoms with E-state index in [0.29, 0.717) is 11.6 Å². The fourth-order valence-electron chi connectivity index (χ4n) is 4.61. The van der Waals surface area contributed by atoms with Crippen molar-refractivity contribution in [3.8, 4) is 0 Å². The van der Waals surface area contributed by atoms with Gasteiger partial charge in [0.15, 0.2) is 0 Å². The average Bonchev–Trinajstić information content (AvgIpc) is 2.75. The number of piperidine rings is 1. The van der Waals surface area contributed by atoms with E-state index in [9.17, 15) is 9.59 Å². The molecule has 0 spiro atoms. The normalized spacial score (nSPS) is 20.7. The van der Waals surface area contributed by atoms with Gasteiger partial charge in [0.1, 0.15) is 6.04 Å². The fraction of sp³-hybridized carbons (Fsp3) is 0.636. The summed E-state index contributed by atoms with van der Waals surface area (Å²) in [7, 11) is 0. The van der Waals surface area contributed by atoms with Crippen LogP contribution in [0.3, 0.4) is 0 Å². The van der Waals surface area contributed by atoms with Crippen LogP contribution in [0, 0.1) is 0 Å². The number of hydrogen-bond donors (Lipinski definition) is 2. The molecule has 29 heavy (non-hydrogen) atoms. The molecule has 5 nitrogen and oxygen atoms in total. The van der Waals surface area contributed by atoms with E-state index in [-0.39, 0.29) is 22.0 Å². The van der Waals surface area contributed by atoms with Gasteiger partial charge in [-0.25, -0.2) is 0 Å². The van der Waals surface area contributed by atoms with E-state index in [1.165, 1.54) is 38.5 Å². The Kier molecular flexibility index (Phi) is 7.83. The van der Waals surface area contributed by atoms with Crippen LogP contribution in [0.4, 0.5) is 0 Å². The van der Waals surface area contributed by atoms with Gasteiger partial charge < -0.3 is 10.6 Å². The zero-order valence-electron chi connectivity index (χ0n) is 17.1. The number of amides is 2. The lowest BCUT2D eigenvalue weighted by molar-refractivity contribution is -0.123. The Morgan fingerprint density at radius 3 is 2.41 bits per heavy atom. The van der Waals surface area contributed by atoms with Crippen molar-refractivity contribution < 1.29 is 9.59 Å². The second-order valence-corrected chi connectivity index (χ2v) is 9.13. The van der Waals surface area contributed by atoms with Gasteiger partial charge >= 0.3 is 0 Å². The first kappa shape index (κ1) is 22.4. The summed E-state index contributed by atoms with van der Waals surface area (Å²) in [6.45, 7) is 4.58. The van der Waals surface area contributed by atoms with Crippen LogP contribution in [0.5, 0.6) is 0 Å². The number of nitrogens with one attached hydrogen (secondary N) is 2. The molecule has 1 aliphatic carbocycles. The molecule has 1 atom stereocenters. The van der Waals surface area contributed by atoms with Gasteiger partial charge in [0.2, 0.25) is 5.91 Å².